The molecule has 8 heteroatoms. The fourth-order valence-corrected chi connectivity index (χ4v) is 3.97. The first-order valence-electron chi connectivity index (χ1n) is 11.7. The minimum atomic E-state index is 0.192. The van der Waals surface area contributed by atoms with Crippen LogP contribution in [0.4, 0.5) is 11.6 Å². The van der Waals surface area contributed by atoms with Gasteiger partial charge in [-0.25, -0.2) is 9.97 Å². The smallest absolute Gasteiger partial charge is 0.162 e. The normalized spacial score (nSPS) is 14.9. The Labute approximate surface area is 209 Å². The summed E-state index contributed by atoms with van der Waals surface area (Å²) in [6, 6.07) is 9.20. The molecule has 1 aliphatic rings. The fourth-order valence-electron chi connectivity index (χ4n) is 3.19. The predicted molar refractivity (Wildman–Crippen MR) is 150 cm³/mol. The summed E-state index contributed by atoms with van der Waals surface area (Å²) in [4.78, 5) is 15.9. The van der Waals surface area contributed by atoms with E-state index in [2.05, 4.69) is 56.7 Å². The molecule has 0 radical (unpaired) electrons. The van der Waals surface area contributed by atoms with E-state index < -0.39 is 0 Å². The number of rotatable bonds is 5. The molecule has 2 aromatic rings. The Hall–Kier alpha value is -2.84. The van der Waals surface area contributed by atoms with E-state index in [0.29, 0.717) is 0 Å². The van der Waals surface area contributed by atoms with E-state index in [4.69, 9.17) is 0 Å². The van der Waals surface area contributed by atoms with E-state index in [9.17, 15) is 5.11 Å². The maximum atomic E-state index is 9.59. The summed E-state index contributed by atoms with van der Waals surface area (Å²) in [6.45, 7) is 18.0. The van der Waals surface area contributed by atoms with Crippen molar-refractivity contribution in [2.45, 2.75) is 39.4 Å². The van der Waals surface area contributed by atoms with Gasteiger partial charge in [0, 0.05) is 38.0 Å². The van der Waals surface area contributed by atoms with Crippen molar-refractivity contribution in [3.63, 3.8) is 0 Å². The first kappa shape index (κ1) is 29.2. The lowest BCUT2D eigenvalue weighted by Crippen LogP contribution is -2.29. The highest BCUT2D eigenvalue weighted by Gasteiger charge is 2.14. The summed E-state index contributed by atoms with van der Waals surface area (Å²) in [5, 5.41) is 17.4. The Kier molecular flexibility index (Phi) is 14.4. The lowest BCUT2D eigenvalue weighted by atomic mass is 10.2. The van der Waals surface area contributed by atoms with Gasteiger partial charge in [-0.2, -0.15) is 0 Å². The molecule has 1 aromatic heterocycles. The van der Waals surface area contributed by atoms with Crippen molar-refractivity contribution in [2.75, 3.05) is 43.4 Å². The Morgan fingerprint density at radius 3 is 2.71 bits per heavy atom. The molecule has 3 N–H and O–H groups in total. The summed E-state index contributed by atoms with van der Waals surface area (Å²) in [7, 11) is 1.77. The number of nitrogens with zero attached hydrogens (tertiary/aromatic N) is 4. The van der Waals surface area contributed by atoms with Crippen LogP contribution in [0.15, 0.2) is 54.6 Å². The van der Waals surface area contributed by atoms with E-state index in [0.717, 1.165) is 60.8 Å². The summed E-state index contributed by atoms with van der Waals surface area (Å²) >= 11 is 1.62. The maximum absolute atomic E-state index is 9.59. The van der Waals surface area contributed by atoms with Gasteiger partial charge in [0.05, 0.1) is 0 Å². The molecule has 2 heterocycles. The Morgan fingerprint density at radius 2 is 2.00 bits per heavy atom. The van der Waals surface area contributed by atoms with Crippen LogP contribution in [-0.2, 0) is 0 Å². The number of thioether (sulfide) groups is 1. The SMILES string of the molecule is C=C.CC.CN=C(Nc1cc(N2CCCNCC2)nc(C)n1)SC(C)/C=C/c1cccc(O)c1. The molecule has 0 bridgehead atoms. The second-order valence-corrected chi connectivity index (χ2v) is 8.55. The number of hydrogen-bond donors (Lipinski definition) is 3. The number of aromatic hydroxyl groups is 1. The number of aryl methyl sites for hydroxylation is 1. The van der Waals surface area contributed by atoms with Gasteiger partial charge in [0.2, 0.25) is 0 Å². The summed E-state index contributed by atoms with van der Waals surface area (Å²) in [5.74, 6) is 2.72. The van der Waals surface area contributed by atoms with Crippen molar-refractivity contribution < 1.29 is 5.11 Å². The van der Waals surface area contributed by atoms with Gasteiger partial charge in [0.25, 0.3) is 0 Å². The summed E-state index contributed by atoms with van der Waals surface area (Å²) < 4.78 is 0. The average molecular weight is 485 g/mol. The van der Waals surface area contributed by atoms with E-state index in [1.807, 2.05) is 45.0 Å². The van der Waals surface area contributed by atoms with Crippen molar-refractivity contribution >= 4 is 34.6 Å². The van der Waals surface area contributed by atoms with E-state index in [1.54, 1.807) is 30.9 Å². The maximum Gasteiger partial charge on any atom is 0.162 e. The van der Waals surface area contributed by atoms with Crippen molar-refractivity contribution in [3.8, 4) is 5.75 Å². The summed E-state index contributed by atoms with van der Waals surface area (Å²) in [6.07, 6.45) is 5.20. The van der Waals surface area contributed by atoms with Gasteiger partial charge in [-0.05, 0) is 44.5 Å². The number of phenols is 1. The molecule has 0 spiro atoms. The molecule has 1 aliphatic heterocycles. The second-order valence-electron chi connectivity index (χ2n) is 7.18. The Bertz CT molecular complexity index is 910. The fraction of sp³-hybridized carbons (Fsp3) is 0.423. The molecule has 0 saturated carbocycles. The molecular weight excluding hydrogens is 444 g/mol. The number of anilines is 2. The molecule has 7 nitrogen and oxygen atoms in total. The first-order valence-corrected chi connectivity index (χ1v) is 12.6. The number of phenolic OH excluding ortho intramolecular Hbond substituents is 1. The monoisotopic (exact) mass is 484 g/mol. The standard InChI is InChI=1S/C22H30N6OS.C2H6.C2H4/c1-16(8-9-18-6-4-7-19(29)14-18)30-22(23-3)27-20-15-21(26-17(2)25-20)28-12-5-10-24-11-13-28;2*1-2/h4,6-9,14-16,24,29H,5,10-13H2,1-3H3,(H,23,25,26,27);1-2H3;1-2H2/b9-8+;;. The number of amidine groups is 1. The molecule has 3 rings (SSSR count). The van der Waals surface area contributed by atoms with Crippen LogP contribution in [0.1, 0.15) is 38.6 Å². The molecular formula is C26H40N6OS. The van der Waals surface area contributed by atoms with E-state index in [1.165, 1.54) is 0 Å². The van der Waals surface area contributed by atoms with Gasteiger partial charge in [-0.3, -0.25) is 4.99 Å². The van der Waals surface area contributed by atoms with Gasteiger partial charge < -0.3 is 20.6 Å². The lowest BCUT2D eigenvalue weighted by molar-refractivity contribution is 0.475. The average Bonchev–Trinajstić information content (AvgIpc) is 3.14. The van der Waals surface area contributed by atoms with Crippen LogP contribution >= 0.6 is 11.8 Å². The third-order valence-electron chi connectivity index (χ3n) is 4.65. The molecule has 34 heavy (non-hydrogen) atoms. The van der Waals surface area contributed by atoms with Crippen LogP contribution in [0, 0.1) is 6.92 Å². The molecule has 0 aliphatic carbocycles. The minimum Gasteiger partial charge on any atom is -0.508 e. The molecule has 186 valence electrons. The summed E-state index contributed by atoms with van der Waals surface area (Å²) in [5.41, 5.74) is 0.966. The molecule has 1 unspecified atom stereocenters. The van der Waals surface area contributed by atoms with Gasteiger partial charge >= 0.3 is 0 Å². The number of aromatic nitrogens is 2. The van der Waals surface area contributed by atoms with Gasteiger partial charge in [-0.1, -0.05) is 49.9 Å². The third kappa shape index (κ3) is 10.4. The van der Waals surface area contributed by atoms with E-state index >= 15 is 0 Å². The van der Waals surface area contributed by atoms with Crippen LogP contribution in [0.5, 0.6) is 5.75 Å². The predicted octanol–water partition coefficient (Wildman–Crippen LogP) is 5.35. The largest absolute Gasteiger partial charge is 0.508 e. The van der Waals surface area contributed by atoms with Crippen LogP contribution in [0.2, 0.25) is 0 Å². The van der Waals surface area contributed by atoms with Gasteiger partial charge in [0.15, 0.2) is 5.17 Å². The number of aliphatic imine (C=N–C) groups is 1. The van der Waals surface area contributed by atoms with Gasteiger partial charge in [-0.15, -0.1) is 13.2 Å². The number of hydrogen-bond acceptors (Lipinski definition) is 7. The van der Waals surface area contributed by atoms with Crippen molar-refractivity contribution in [3.05, 3.63) is 61.0 Å². The zero-order valence-corrected chi connectivity index (χ0v) is 22.0. The van der Waals surface area contributed by atoms with Crippen molar-refractivity contribution in [1.29, 1.82) is 0 Å². The highest BCUT2D eigenvalue weighted by molar-refractivity contribution is 8.14. The van der Waals surface area contributed by atoms with Crippen molar-refractivity contribution in [2.24, 2.45) is 4.99 Å². The molecule has 1 aromatic carbocycles. The molecule has 1 atom stereocenters. The highest BCUT2D eigenvalue weighted by atomic mass is 32.2. The van der Waals surface area contributed by atoms with Crippen LogP contribution in [-0.4, -0.2) is 58.7 Å². The Morgan fingerprint density at radius 1 is 1.24 bits per heavy atom. The van der Waals surface area contributed by atoms with Crippen LogP contribution < -0.4 is 15.5 Å². The molecule has 0 amide bonds. The number of nitrogens with one attached hydrogen (secondary N) is 2. The first-order chi connectivity index (χ1) is 16.5. The zero-order valence-electron chi connectivity index (χ0n) is 21.2. The van der Waals surface area contributed by atoms with Crippen molar-refractivity contribution in [1.82, 2.24) is 15.3 Å². The van der Waals surface area contributed by atoms with Crippen LogP contribution in [0.3, 0.4) is 0 Å². The van der Waals surface area contributed by atoms with Gasteiger partial charge in [0.1, 0.15) is 23.2 Å². The van der Waals surface area contributed by atoms with E-state index in [-0.39, 0.29) is 11.0 Å². The Balaban J connectivity index is 0.00000137. The molecule has 1 fully saturated rings. The number of benzene rings is 1. The third-order valence-corrected chi connectivity index (χ3v) is 5.69. The lowest BCUT2D eigenvalue weighted by Gasteiger charge is -2.22. The van der Waals surface area contributed by atoms with Crippen LogP contribution in [0.25, 0.3) is 6.08 Å². The molecule has 1 saturated heterocycles. The second kappa shape index (κ2) is 16.7. The minimum absolute atomic E-state index is 0.192. The highest BCUT2D eigenvalue weighted by Crippen LogP contribution is 2.21. The zero-order chi connectivity index (χ0) is 25.3. The topological polar surface area (TPSA) is 85.7 Å². The quantitative estimate of drug-likeness (QED) is 0.300.